The van der Waals surface area contributed by atoms with E-state index < -0.39 is 16.9 Å². The van der Waals surface area contributed by atoms with Gasteiger partial charge in [0.2, 0.25) is 0 Å². The highest BCUT2D eigenvalue weighted by Crippen LogP contribution is 2.42. The maximum Gasteiger partial charge on any atom is 0.269 e. The standard InChI is InChI=1S/C28H21N3O3/c32-28(22-14-8-3-9-15-22)25-26(20-10-4-1-5-11-20)29-30(27(25)21-12-6-2-7-13-21)23-16-18-24(19-17-23)31(33)34/h1-19,25,27H. The van der Waals surface area contributed by atoms with Crippen LogP contribution in [0.15, 0.2) is 120 Å². The van der Waals surface area contributed by atoms with E-state index in [0.717, 1.165) is 11.1 Å². The lowest BCUT2D eigenvalue weighted by atomic mass is 9.81. The van der Waals surface area contributed by atoms with Crippen LogP contribution in [0.25, 0.3) is 0 Å². The van der Waals surface area contributed by atoms with E-state index in [-0.39, 0.29) is 11.5 Å². The van der Waals surface area contributed by atoms with Crippen molar-refractivity contribution in [1.29, 1.82) is 0 Å². The van der Waals surface area contributed by atoms with Crippen LogP contribution in [0.3, 0.4) is 0 Å². The second kappa shape index (κ2) is 9.11. The lowest BCUT2D eigenvalue weighted by Crippen LogP contribution is -2.32. The van der Waals surface area contributed by atoms with Crippen molar-refractivity contribution in [2.45, 2.75) is 6.04 Å². The Kier molecular flexibility index (Phi) is 5.70. The number of hydrazone groups is 1. The van der Waals surface area contributed by atoms with Gasteiger partial charge in [0.25, 0.3) is 5.69 Å². The maximum atomic E-state index is 13.9. The number of hydrogen-bond acceptors (Lipinski definition) is 5. The van der Waals surface area contributed by atoms with Gasteiger partial charge in [-0.1, -0.05) is 91.0 Å². The Morgan fingerprint density at radius 2 is 1.32 bits per heavy atom. The summed E-state index contributed by atoms with van der Waals surface area (Å²) in [6, 6.07) is 34.5. The van der Waals surface area contributed by atoms with Crippen molar-refractivity contribution in [2.24, 2.45) is 11.0 Å². The Hall–Kier alpha value is -4.58. The molecule has 4 aromatic rings. The van der Waals surface area contributed by atoms with E-state index in [0.29, 0.717) is 17.0 Å². The number of carbonyl (C=O) groups excluding carboxylic acids is 1. The molecule has 2 atom stereocenters. The molecule has 0 amide bonds. The molecular formula is C28H21N3O3. The van der Waals surface area contributed by atoms with E-state index in [9.17, 15) is 14.9 Å². The fraction of sp³-hybridized carbons (Fsp3) is 0.0714. The molecule has 0 bridgehead atoms. The first-order valence-electron chi connectivity index (χ1n) is 11.0. The number of rotatable bonds is 6. The van der Waals surface area contributed by atoms with Gasteiger partial charge in [0.05, 0.1) is 28.3 Å². The molecule has 5 rings (SSSR count). The number of anilines is 1. The number of Topliss-reactive ketones (excluding diaryl/α,β-unsaturated/α-hetero) is 1. The molecule has 0 aliphatic carbocycles. The van der Waals surface area contributed by atoms with Crippen molar-refractivity contribution in [3.05, 3.63) is 142 Å². The fourth-order valence-corrected chi connectivity index (χ4v) is 4.36. The minimum Gasteiger partial charge on any atom is -0.293 e. The largest absolute Gasteiger partial charge is 0.293 e. The quantitative estimate of drug-likeness (QED) is 0.205. The number of nitro benzene ring substituents is 1. The number of non-ortho nitro benzene ring substituents is 1. The first-order chi connectivity index (χ1) is 16.6. The highest BCUT2D eigenvalue weighted by atomic mass is 16.6. The molecule has 0 N–H and O–H groups in total. The summed E-state index contributed by atoms with van der Waals surface area (Å²) in [5.41, 5.74) is 3.76. The van der Waals surface area contributed by atoms with Crippen molar-refractivity contribution in [3.8, 4) is 0 Å². The summed E-state index contributed by atoms with van der Waals surface area (Å²) in [5.74, 6) is -0.594. The van der Waals surface area contributed by atoms with Crippen molar-refractivity contribution >= 4 is 22.9 Å². The van der Waals surface area contributed by atoms with Gasteiger partial charge in [0.1, 0.15) is 0 Å². The minimum absolute atomic E-state index is 0.00313. The molecule has 1 aliphatic heterocycles. The SMILES string of the molecule is O=C(c1ccccc1)C1C(c2ccccc2)=NN(c2ccc([N+](=O)[O-])cc2)C1c1ccccc1. The van der Waals surface area contributed by atoms with E-state index >= 15 is 0 Å². The molecule has 0 aromatic heterocycles. The van der Waals surface area contributed by atoms with Crippen LogP contribution >= 0.6 is 0 Å². The molecular weight excluding hydrogens is 426 g/mol. The molecule has 2 unspecified atom stereocenters. The predicted molar refractivity (Wildman–Crippen MR) is 132 cm³/mol. The topological polar surface area (TPSA) is 75.8 Å². The van der Waals surface area contributed by atoms with Crippen LogP contribution in [0.2, 0.25) is 0 Å². The zero-order chi connectivity index (χ0) is 23.5. The van der Waals surface area contributed by atoms with Gasteiger partial charge in [-0.05, 0) is 23.3 Å². The maximum absolute atomic E-state index is 13.9. The van der Waals surface area contributed by atoms with Gasteiger partial charge in [0.15, 0.2) is 5.78 Å². The van der Waals surface area contributed by atoms with E-state index in [4.69, 9.17) is 5.10 Å². The first-order valence-corrected chi connectivity index (χ1v) is 11.0. The van der Waals surface area contributed by atoms with Gasteiger partial charge in [0, 0.05) is 17.7 Å². The van der Waals surface area contributed by atoms with E-state index in [1.165, 1.54) is 12.1 Å². The monoisotopic (exact) mass is 447 g/mol. The van der Waals surface area contributed by atoms with Crippen LogP contribution in [0.5, 0.6) is 0 Å². The Labute approximate surface area is 196 Å². The predicted octanol–water partition coefficient (Wildman–Crippen LogP) is 6.06. The van der Waals surface area contributed by atoms with Crippen molar-refractivity contribution in [1.82, 2.24) is 0 Å². The molecule has 4 aromatic carbocycles. The van der Waals surface area contributed by atoms with Gasteiger partial charge in [-0.25, -0.2) is 0 Å². The van der Waals surface area contributed by atoms with Crippen molar-refractivity contribution < 1.29 is 9.72 Å². The molecule has 0 saturated carbocycles. The van der Waals surface area contributed by atoms with Crippen molar-refractivity contribution in [3.63, 3.8) is 0 Å². The van der Waals surface area contributed by atoms with Gasteiger partial charge < -0.3 is 0 Å². The lowest BCUT2D eigenvalue weighted by molar-refractivity contribution is -0.384. The zero-order valence-electron chi connectivity index (χ0n) is 18.2. The molecule has 0 spiro atoms. The molecule has 0 radical (unpaired) electrons. The number of benzene rings is 4. The third-order valence-corrected chi connectivity index (χ3v) is 5.97. The Morgan fingerprint density at radius 3 is 1.91 bits per heavy atom. The summed E-state index contributed by atoms with van der Waals surface area (Å²) in [4.78, 5) is 24.7. The molecule has 1 aliphatic rings. The number of nitro groups is 1. The molecule has 6 heteroatoms. The van der Waals surface area contributed by atoms with Crippen LogP contribution in [0.1, 0.15) is 27.5 Å². The second-order valence-electron chi connectivity index (χ2n) is 8.03. The average Bonchev–Trinajstić information content (AvgIpc) is 3.30. The molecule has 34 heavy (non-hydrogen) atoms. The molecule has 0 fully saturated rings. The van der Waals surface area contributed by atoms with E-state index in [1.54, 1.807) is 12.1 Å². The number of ketones is 1. The summed E-state index contributed by atoms with van der Waals surface area (Å²) >= 11 is 0. The highest BCUT2D eigenvalue weighted by Gasteiger charge is 2.44. The van der Waals surface area contributed by atoms with Gasteiger partial charge >= 0.3 is 0 Å². The van der Waals surface area contributed by atoms with E-state index in [1.807, 2.05) is 96.0 Å². The van der Waals surface area contributed by atoms with Crippen LogP contribution in [0.4, 0.5) is 11.4 Å². The minimum atomic E-state index is -0.567. The molecule has 6 nitrogen and oxygen atoms in total. The third-order valence-electron chi connectivity index (χ3n) is 5.97. The highest BCUT2D eigenvalue weighted by molar-refractivity contribution is 6.20. The molecule has 166 valence electrons. The number of hydrogen-bond donors (Lipinski definition) is 0. The average molecular weight is 447 g/mol. The summed E-state index contributed by atoms with van der Waals surface area (Å²) in [5, 5.41) is 17.9. The lowest BCUT2D eigenvalue weighted by Gasteiger charge is -2.28. The summed E-state index contributed by atoms with van der Waals surface area (Å²) in [7, 11) is 0. The Balaban J connectivity index is 1.68. The molecule has 0 saturated heterocycles. The number of carbonyl (C=O) groups is 1. The van der Waals surface area contributed by atoms with Gasteiger partial charge in [-0.3, -0.25) is 19.9 Å². The third kappa shape index (κ3) is 3.97. The van der Waals surface area contributed by atoms with Gasteiger partial charge in [-0.15, -0.1) is 0 Å². The Morgan fingerprint density at radius 1 is 0.765 bits per heavy atom. The number of nitrogens with zero attached hydrogens (tertiary/aromatic N) is 3. The summed E-state index contributed by atoms with van der Waals surface area (Å²) in [6.07, 6.45) is 0. The van der Waals surface area contributed by atoms with Crippen LogP contribution < -0.4 is 5.01 Å². The second-order valence-corrected chi connectivity index (χ2v) is 8.03. The van der Waals surface area contributed by atoms with Crippen molar-refractivity contribution in [2.75, 3.05) is 5.01 Å². The first kappa shape index (κ1) is 21.3. The summed E-state index contributed by atoms with van der Waals surface area (Å²) < 4.78 is 0. The normalized spacial score (nSPS) is 17.3. The smallest absolute Gasteiger partial charge is 0.269 e. The molecule has 1 heterocycles. The van der Waals surface area contributed by atoms with Gasteiger partial charge in [-0.2, -0.15) is 5.10 Å². The van der Waals surface area contributed by atoms with Crippen LogP contribution in [-0.4, -0.2) is 16.4 Å². The van der Waals surface area contributed by atoms with E-state index in [2.05, 4.69) is 0 Å². The summed E-state index contributed by atoms with van der Waals surface area (Å²) in [6.45, 7) is 0. The zero-order valence-corrected chi connectivity index (χ0v) is 18.2. The Bertz CT molecular complexity index is 1340. The fourth-order valence-electron chi connectivity index (χ4n) is 4.36. The van der Waals surface area contributed by atoms with Crippen LogP contribution in [-0.2, 0) is 0 Å². The van der Waals surface area contributed by atoms with Crippen LogP contribution in [0, 0.1) is 16.0 Å².